The van der Waals surface area contributed by atoms with Crippen LogP contribution in [0.4, 0.5) is 0 Å². The van der Waals surface area contributed by atoms with Gasteiger partial charge in [0, 0.05) is 36.9 Å². The van der Waals surface area contributed by atoms with Gasteiger partial charge in [0.25, 0.3) is 11.8 Å². The summed E-state index contributed by atoms with van der Waals surface area (Å²) in [6.07, 6.45) is 6.12. The van der Waals surface area contributed by atoms with Crippen LogP contribution in [0.25, 0.3) is 16.9 Å². The molecule has 1 aromatic carbocycles. The first kappa shape index (κ1) is 23.9. The molecule has 8 nitrogen and oxygen atoms in total. The fourth-order valence-corrected chi connectivity index (χ4v) is 4.77. The van der Waals surface area contributed by atoms with E-state index in [1.807, 2.05) is 6.08 Å². The molecule has 0 bridgehead atoms. The maximum absolute atomic E-state index is 13.7. The molecule has 2 aliphatic rings. The van der Waals surface area contributed by atoms with Crippen LogP contribution in [0.3, 0.4) is 0 Å². The lowest BCUT2D eigenvalue weighted by Gasteiger charge is -2.45. The van der Waals surface area contributed by atoms with E-state index in [1.54, 1.807) is 40.6 Å². The molecule has 0 N–H and O–H groups in total. The van der Waals surface area contributed by atoms with E-state index >= 15 is 0 Å². The second-order valence-electron chi connectivity index (χ2n) is 11.0. The average Bonchev–Trinajstić information content (AvgIpc) is 3.49. The molecular weight excluding hydrogens is 452 g/mol. The van der Waals surface area contributed by atoms with E-state index in [1.165, 1.54) is 5.56 Å². The lowest BCUT2D eigenvalue weighted by molar-refractivity contribution is -0.143. The van der Waals surface area contributed by atoms with Crippen molar-refractivity contribution in [1.82, 2.24) is 24.4 Å². The maximum atomic E-state index is 13.7. The molecule has 1 saturated heterocycles. The lowest BCUT2D eigenvalue weighted by Crippen LogP contribution is -2.64. The standard InChI is InChI=1S/C28H32N6O2/c1-18-9-11-19(12-10-18)21-16-20(27(2,3)4)24-30-22(17-34(24)31-21)25(35)33-15-14-32(23-8-7-13-29-23)26(36)28(33,5)6/h8-13,16-17H,7,14-15H2,1-6H3. The number of amides is 2. The molecular formula is C28H32N6O2. The van der Waals surface area contributed by atoms with E-state index in [0.717, 1.165) is 23.2 Å². The normalized spacial score (nSPS) is 17.7. The van der Waals surface area contributed by atoms with Crippen molar-refractivity contribution in [2.45, 2.75) is 58.9 Å². The molecule has 2 aromatic heterocycles. The Hall–Kier alpha value is -3.81. The quantitative estimate of drug-likeness (QED) is 0.552. The van der Waals surface area contributed by atoms with Gasteiger partial charge in [-0.15, -0.1) is 0 Å². The number of piperazine rings is 1. The van der Waals surface area contributed by atoms with Crippen LogP contribution in [-0.4, -0.2) is 61.1 Å². The van der Waals surface area contributed by atoms with Crippen LogP contribution < -0.4 is 0 Å². The van der Waals surface area contributed by atoms with Crippen molar-refractivity contribution in [2.75, 3.05) is 13.1 Å². The number of aliphatic imine (C=N–C) groups is 1. The van der Waals surface area contributed by atoms with E-state index in [4.69, 9.17) is 10.1 Å². The SMILES string of the molecule is Cc1ccc(-c2cc(C(C)(C)C)c3nc(C(=O)N4CCN(C5=CCC=N5)C(=O)C4(C)C)cn3n2)cc1. The van der Waals surface area contributed by atoms with Crippen molar-refractivity contribution >= 4 is 23.7 Å². The highest BCUT2D eigenvalue weighted by atomic mass is 16.2. The van der Waals surface area contributed by atoms with Crippen LogP contribution in [0.15, 0.2) is 53.4 Å². The summed E-state index contributed by atoms with van der Waals surface area (Å²) in [5.41, 5.74) is 3.68. The number of rotatable bonds is 3. The summed E-state index contributed by atoms with van der Waals surface area (Å²) in [4.78, 5) is 39.4. The monoisotopic (exact) mass is 484 g/mol. The minimum Gasteiger partial charge on any atom is -0.321 e. The first-order valence-electron chi connectivity index (χ1n) is 12.3. The van der Waals surface area contributed by atoms with Gasteiger partial charge >= 0.3 is 0 Å². The number of imidazole rings is 1. The maximum Gasteiger partial charge on any atom is 0.275 e. The van der Waals surface area contributed by atoms with Gasteiger partial charge in [0.05, 0.1) is 11.9 Å². The number of carbonyl (C=O) groups is 2. The number of aryl methyl sites for hydroxylation is 1. The number of carbonyl (C=O) groups excluding carboxylic acids is 2. The van der Waals surface area contributed by atoms with E-state index in [9.17, 15) is 9.59 Å². The summed E-state index contributed by atoms with van der Waals surface area (Å²) in [5, 5.41) is 4.80. The second kappa shape index (κ2) is 8.40. The highest BCUT2D eigenvalue weighted by Gasteiger charge is 2.46. The molecule has 0 atom stereocenters. The summed E-state index contributed by atoms with van der Waals surface area (Å²) in [7, 11) is 0. The number of nitrogens with zero attached hydrogens (tertiary/aromatic N) is 6. The Balaban J connectivity index is 1.53. The lowest BCUT2D eigenvalue weighted by atomic mass is 9.87. The Kier molecular flexibility index (Phi) is 5.58. The zero-order valence-corrected chi connectivity index (χ0v) is 21.7. The number of hydrogen-bond donors (Lipinski definition) is 0. The Morgan fingerprint density at radius 1 is 1.08 bits per heavy atom. The third-order valence-corrected chi connectivity index (χ3v) is 6.94. The first-order valence-corrected chi connectivity index (χ1v) is 12.3. The largest absolute Gasteiger partial charge is 0.321 e. The van der Waals surface area contributed by atoms with E-state index in [2.05, 4.69) is 63.0 Å². The molecule has 2 aliphatic heterocycles. The van der Waals surface area contributed by atoms with Gasteiger partial charge in [-0.2, -0.15) is 5.10 Å². The molecule has 3 aromatic rings. The summed E-state index contributed by atoms with van der Waals surface area (Å²) in [6.45, 7) is 12.8. The molecule has 1 fully saturated rings. The van der Waals surface area contributed by atoms with Crippen LogP contribution >= 0.6 is 0 Å². The second-order valence-corrected chi connectivity index (χ2v) is 11.0. The number of benzene rings is 1. The van der Waals surface area contributed by atoms with Crippen molar-refractivity contribution in [3.63, 3.8) is 0 Å². The molecule has 36 heavy (non-hydrogen) atoms. The van der Waals surface area contributed by atoms with Gasteiger partial charge in [-0.3, -0.25) is 14.5 Å². The number of fused-ring (bicyclic) bond motifs is 1. The van der Waals surface area contributed by atoms with Crippen molar-refractivity contribution in [3.05, 3.63) is 65.2 Å². The van der Waals surface area contributed by atoms with Gasteiger partial charge in [-0.25, -0.2) is 14.5 Å². The summed E-state index contributed by atoms with van der Waals surface area (Å²) in [6, 6.07) is 10.3. The fraction of sp³-hybridized carbons (Fsp3) is 0.393. The van der Waals surface area contributed by atoms with E-state index < -0.39 is 5.54 Å². The van der Waals surface area contributed by atoms with Crippen molar-refractivity contribution in [2.24, 2.45) is 4.99 Å². The molecule has 0 spiro atoms. The van der Waals surface area contributed by atoms with Crippen LogP contribution in [0.5, 0.6) is 0 Å². The molecule has 4 heterocycles. The molecule has 0 saturated carbocycles. The van der Waals surface area contributed by atoms with E-state index in [-0.39, 0.29) is 22.9 Å². The molecule has 2 amide bonds. The smallest absolute Gasteiger partial charge is 0.275 e. The Labute approximate surface area is 211 Å². The molecule has 8 heteroatoms. The Bertz CT molecular complexity index is 1420. The van der Waals surface area contributed by atoms with Crippen LogP contribution in [0.1, 0.15) is 62.7 Å². The zero-order chi connectivity index (χ0) is 25.8. The average molecular weight is 485 g/mol. The van der Waals surface area contributed by atoms with Crippen LogP contribution in [-0.2, 0) is 10.2 Å². The molecule has 0 radical (unpaired) electrons. The summed E-state index contributed by atoms with van der Waals surface area (Å²) < 4.78 is 1.70. The highest BCUT2D eigenvalue weighted by molar-refractivity contribution is 5.99. The zero-order valence-electron chi connectivity index (χ0n) is 21.7. The fourth-order valence-electron chi connectivity index (χ4n) is 4.77. The summed E-state index contributed by atoms with van der Waals surface area (Å²) in [5.74, 6) is 0.237. The van der Waals surface area contributed by atoms with Gasteiger partial charge in [0.2, 0.25) is 0 Å². The highest BCUT2D eigenvalue weighted by Crippen LogP contribution is 2.32. The van der Waals surface area contributed by atoms with Gasteiger partial charge in [0.15, 0.2) is 5.65 Å². The third-order valence-electron chi connectivity index (χ3n) is 6.94. The first-order chi connectivity index (χ1) is 17.0. The molecule has 0 aliphatic carbocycles. The molecule has 0 unspecified atom stereocenters. The number of hydrogen-bond acceptors (Lipinski definition) is 5. The van der Waals surface area contributed by atoms with Gasteiger partial charge < -0.3 is 4.90 Å². The van der Waals surface area contributed by atoms with Crippen molar-refractivity contribution in [1.29, 1.82) is 0 Å². The van der Waals surface area contributed by atoms with Gasteiger partial charge in [0.1, 0.15) is 17.1 Å². The summed E-state index contributed by atoms with van der Waals surface area (Å²) >= 11 is 0. The molecule has 186 valence electrons. The minimum atomic E-state index is -1.03. The van der Waals surface area contributed by atoms with Crippen molar-refractivity contribution in [3.8, 4) is 11.3 Å². The number of aromatic nitrogens is 3. The van der Waals surface area contributed by atoms with Gasteiger partial charge in [-0.05, 0) is 38.3 Å². The Morgan fingerprint density at radius 2 is 1.81 bits per heavy atom. The van der Waals surface area contributed by atoms with Crippen LogP contribution in [0, 0.1) is 6.92 Å². The van der Waals surface area contributed by atoms with Crippen molar-refractivity contribution < 1.29 is 9.59 Å². The number of allylic oxidation sites excluding steroid dienone is 1. The third kappa shape index (κ3) is 4.00. The Morgan fingerprint density at radius 3 is 2.44 bits per heavy atom. The minimum absolute atomic E-state index is 0.147. The molecule has 5 rings (SSSR count). The predicted molar refractivity (Wildman–Crippen MR) is 140 cm³/mol. The van der Waals surface area contributed by atoms with E-state index in [0.29, 0.717) is 24.6 Å². The topological polar surface area (TPSA) is 83.2 Å². The predicted octanol–water partition coefficient (Wildman–Crippen LogP) is 4.38. The van der Waals surface area contributed by atoms with Crippen LogP contribution in [0.2, 0.25) is 0 Å². The van der Waals surface area contributed by atoms with Gasteiger partial charge in [-0.1, -0.05) is 50.6 Å².